The summed E-state index contributed by atoms with van der Waals surface area (Å²) >= 11 is 1.01. The van der Waals surface area contributed by atoms with Crippen LogP contribution in [0.25, 0.3) is 0 Å². The summed E-state index contributed by atoms with van der Waals surface area (Å²) in [5, 5.41) is 12.2. The molecular weight excluding hydrogens is 264 g/mol. The molecule has 0 aliphatic rings. The summed E-state index contributed by atoms with van der Waals surface area (Å²) in [4.78, 5) is 27.3. The number of nitrogens with one attached hydrogen (secondary N) is 1. The van der Waals surface area contributed by atoms with E-state index in [1.165, 1.54) is 0 Å². The Morgan fingerprint density at radius 2 is 1.95 bits per heavy atom. The maximum atomic E-state index is 11.7. The summed E-state index contributed by atoms with van der Waals surface area (Å²) in [7, 11) is 0. The molecule has 0 aliphatic heterocycles. The fourth-order valence-electron chi connectivity index (χ4n) is 1.57. The van der Waals surface area contributed by atoms with E-state index in [2.05, 4.69) is 10.3 Å². The van der Waals surface area contributed by atoms with Crippen molar-refractivity contribution in [3.63, 3.8) is 0 Å². The number of aromatic nitrogens is 1. The van der Waals surface area contributed by atoms with Crippen molar-refractivity contribution in [2.75, 3.05) is 5.32 Å². The molecule has 5 nitrogen and oxygen atoms in total. The van der Waals surface area contributed by atoms with Crippen LogP contribution in [0.1, 0.15) is 56.4 Å². The van der Waals surface area contributed by atoms with E-state index in [1.54, 1.807) is 0 Å². The molecule has 0 spiro atoms. The summed E-state index contributed by atoms with van der Waals surface area (Å²) in [6, 6.07) is 0. The van der Waals surface area contributed by atoms with Crippen molar-refractivity contribution in [2.24, 2.45) is 5.92 Å². The van der Waals surface area contributed by atoms with Crippen molar-refractivity contribution in [1.82, 2.24) is 4.98 Å². The molecule has 1 aromatic heterocycles. The zero-order chi connectivity index (χ0) is 14.8. The van der Waals surface area contributed by atoms with Gasteiger partial charge < -0.3 is 10.4 Å². The van der Waals surface area contributed by atoms with Gasteiger partial charge in [0.25, 0.3) is 0 Å². The fraction of sp³-hybridized carbons (Fsp3) is 0.615. The van der Waals surface area contributed by atoms with Crippen molar-refractivity contribution in [1.29, 1.82) is 0 Å². The normalized spacial score (nSPS) is 11.7. The first-order valence-electron chi connectivity index (χ1n) is 6.15. The molecule has 19 heavy (non-hydrogen) atoms. The number of thiazole rings is 1. The topological polar surface area (TPSA) is 79.3 Å². The highest BCUT2D eigenvalue weighted by Crippen LogP contribution is 2.32. The van der Waals surface area contributed by atoms with E-state index >= 15 is 0 Å². The summed E-state index contributed by atoms with van der Waals surface area (Å²) < 4.78 is 0. The minimum absolute atomic E-state index is 0.138. The quantitative estimate of drug-likeness (QED) is 0.890. The smallest absolute Gasteiger partial charge is 0.347 e. The van der Waals surface area contributed by atoms with E-state index in [9.17, 15) is 14.7 Å². The molecule has 0 unspecified atom stereocenters. The second-order valence-electron chi connectivity index (χ2n) is 5.90. The minimum Gasteiger partial charge on any atom is -0.477 e. The minimum atomic E-state index is -1.01. The van der Waals surface area contributed by atoms with Crippen LogP contribution in [-0.4, -0.2) is 22.0 Å². The number of nitrogens with zero attached hydrogens (tertiary/aromatic N) is 1. The molecule has 1 amide bonds. The van der Waals surface area contributed by atoms with E-state index in [0.29, 0.717) is 17.2 Å². The van der Waals surface area contributed by atoms with Gasteiger partial charge in [0.15, 0.2) is 5.13 Å². The number of carboxylic acids is 1. The van der Waals surface area contributed by atoms with Crippen LogP contribution in [0, 0.1) is 5.92 Å². The molecular formula is C13H20N2O3S. The van der Waals surface area contributed by atoms with Crippen LogP contribution < -0.4 is 5.32 Å². The van der Waals surface area contributed by atoms with E-state index < -0.39 is 5.97 Å². The highest BCUT2D eigenvalue weighted by atomic mass is 32.1. The summed E-state index contributed by atoms with van der Waals surface area (Å²) in [5.41, 5.74) is 0.135. The zero-order valence-corrected chi connectivity index (χ0v) is 12.7. The lowest BCUT2D eigenvalue weighted by atomic mass is 9.91. The number of aromatic carboxylic acids is 1. The lowest BCUT2D eigenvalue weighted by Gasteiger charge is -2.15. The molecule has 0 fully saturated rings. The Labute approximate surface area is 117 Å². The second kappa shape index (κ2) is 5.69. The summed E-state index contributed by atoms with van der Waals surface area (Å²) in [6.07, 6.45) is 0.396. The Morgan fingerprint density at radius 3 is 2.32 bits per heavy atom. The van der Waals surface area contributed by atoms with Gasteiger partial charge in [-0.05, 0) is 5.92 Å². The Hall–Kier alpha value is -1.43. The first kappa shape index (κ1) is 15.6. The molecule has 6 heteroatoms. The van der Waals surface area contributed by atoms with Gasteiger partial charge in [-0.1, -0.05) is 46.0 Å². The number of hydrogen-bond donors (Lipinski definition) is 2. The van der Waals surface area contributed by atoms with Crippen LogP contribution in [-0.2, 0) is 10.2 Å². The molecule has 1 rings (SSSR count). The van der Waals surface area contributed by atoms with Crippen LogP contribution in [0.3, 0.4) is 0 Å². The van der Waals surface area contributed by atoms with E-state index in [4.69, 9.17) is 0 Å². The highest BCUT2D eigenvalue weighted by Gasteiger charge is 2.27. The fourth-order valence-corrected chi connectivity index (χ4v) is 2.60. The highest BCUT2D eigenvalue weighted by molar-refractivity contribution is 7.17. The number of carboxylic acid groups (broad SMARTS) is 1. The molecule has 0 bridgehead atoms. The Bertz CT molecular complexity index is 487. The summed E-state index contributed by atoms with van der Waals surface area (Å²) in [6.45, 7) is 9.59. The Kier molecular flexibility index (Phi) is 4.68. The maximum Gasteiger partial charge on any atom is 0.347 e. The number of carbonyl (C=O) groups is 2. The van der Waals surface area contributed by atoms with Gasteiger partial charge in [0.2, 0.25) is 5.91 Å². The number of anilines is 1. The molecule has 0 aromatic carbocycles. The molecule has 0 atom stereocenters. The van der Waals surface area contributed by atoms with Gasteiger partial charge in [0, 0.05) is 11.8 Å². The molecule has 106 valence electrons. The van der Waals surface area contributed by atoms with Gasteiger partial charge in [-0.3, -0.25) is 4.79 Å². The second-order valence-corrected chi connectivity index (χ2v) is 6.90. The standard InChI is InChI=1S/C13H20N2O3S/c1-7(2)6-8(16)14-12-15-10(13(3,4)5)9(19-12)11(17)18/h7H,6H2,1-5H3,(H,17,18)(H,14,15,16). The zero-order valence-electron chi connectivity index (χ0n) is 11.9. The predicted octanol–water partition coefficient (Wildman–Crippen LogP) is 3.12. The SMILES string of the molecule is CC(C)CC(=O)Nc1nc(C(C)(C)C)c(C(=O)O)s1. The monoisotopic (exact) mass is 284 g/mol. The van der Waals surface area contributed by atoms with Crippen LogP contribution in [0.15, 0.2) is 0 Å². The molecule has 2 N–H and O–H groups in total. The van der Waals surface area contributed by atoms with Gasteiger partial charge in [0.1, 0.15) is 4.88 Å². The molecule has 0 radical (unpaired) electrons. The third kappa shape index (κ3) is 4.31. The Morgan fingerprint density at radius 1 is 1.37 bits per heavy atom. The van der Waals surface area contributed by atoms with Crippen LogP contribution >= 0.6 is 11.3 Å². The van der Waals surface area contributed by atoms with Crippen LogP contribution in [0.2, 0.25) is 0 Å². The average Bonchev–Trinajstić information content (AvgIpc) is 2.59. The first-order valence-corrected chi connectivity index (χ1v) is 6.97. The van der Waals surface area contributed by atoms with Gasteiger partial charge >= 0.3 is 5.97 Å². The molecule has 0 saturated carbocycles. The third-order valence-corrected chi connectivity index (χ3v) is 3.33. The summed E-state index contributed by atoms with van der Waals surface area (Å²) in [5.74, 6) is -0.895. The predicted molar refractivity (Wildman–Crippen MR) is 75.9 cm³/mol. The average molecular weight is 284 g/mol. The van der Waals surface area contributed by atoms with Gasteiger partial charge in [0.05, 0.1) is 5.69 Å². The molecule has 1 heterocycles. The van der Waals surface area contributed by atoms with Crippen molar-refractivity contribution in [3.8, 4) is 0 Å². The number of hydrogen-bond acceptors (Lipinski definition) is 4. The molecule has 1 aromatic rings. The van der Waals surface area contributed by atoms with Crippen molar-refractivity contribution in [2.45, 2.75) is 46.5 Å². The third-order valence-electron chi connectivity index (χ3n) is 2.37. The number of rotatable bonds is 4. The van der Waals surface area contributed by atoms with E-state index in [1.807, 2.05) is 34.6 Å². The lowest BCUT2D eigenvalue weighted by molar-refractivity contribution is -0.116. The first-order chi connectivity index (χ1) is 8.61. The number of carbonyl (C=O) groups excluding carboxylic acids is 1. The number of amides is 1. The van der Waals surface area contributed by atoms with Gasteiger partial charge in [-0.2, -0.15) is 0 Å². The Balaban J connectivity index is 2.99. The van der Waals surface area contributed by atoms with Crippen LogP contribution in [0.4, 0.5) is 5.13 Å². The van der Waals surface area contributed by atoms with Crippen LogP contribution in [0.5, 0.6) is 0 Å². The molecule has 0 aliphatic carbocycles. The van der Waals surface area contributed by atoms with E-state index in [-0.39, 0.29) is 22.1 Å². The largest absolute Gasteiger partial charge is 0.477 e. The van der Waals surface area contributed by atoms with E-state index in [0.717, 1.165) is 11.3 Å². The van der Waals surface area contributed by atoms with Crippen molar-refractivity contribution in [3.05, 3.63) is 10.6 Å². The van der Waals surface area contributed by atoms with Gasteiger partial charge in [-0.25, -0.2) is 9.78 Å². The lowest BCUT2D eigenvalue weighted by Crippen LogP contribution is -2.17. The maximum absolute atomic E-state index is 11.7. The van der Waals surface area contributed by atoms with Gasteiger partial charge in [-0.15, -0.1) is 0 Å². The molecule has 0 saturated heterocycles. The van der Waals surface area contributed by atoms with Crippen molar-refractivity contribution >= 4 is 28.3 Å². The van der Waals surface area contributed by atoms with Crippen molar-refractivity contribution < 1.29 is 14.7 Å².